The van der Waals surface area contributed by atoms with Crippen LogP contribution in [-0.4, -0.2) is 22.8 Å². The van der Waals surface area contributed by atoms with Crippen molar-refractivity contribution in [3.05, 3.63) is 11.9 Å². The lowest BCUT2D eigenvalue weighted by molar-refractivity contribution is 0.622. The molecule has 0 atom stereocenters. The number of nitrogens with one attached hydrogen (secondary N) is 1. The molecule has 0 radical (unpaired) electrons. The Kier molecular flexibility index (Phi) is 3.73. The van der Waals surface area contributed by atoms with Crippen molar-refractivity contribution in [2.24, 2.45) is 5.92 Å². The second kappa shape index (κ2) is 5.47. The average molecular weight is 263 g/mol. The van der Waals surface area contributed by atoms with Gasteiger partial charge in [0.25, 0.3) is 0 Å². The van der Waals surface area contributed by atoms with Crippen molar-refractivity contribution in [3.63, 3.8) is 0 Å². The first-order valence-corrected chi connectivity index (χ1v) is 8.03. The molecule has 1 N–H and O–H groups in total. The molecule has 0 saturated heterocycles. The predicted molar refractivity (Wildman–Crippen MR) is 76.2 cm³/mol. The van der Waals surface area contributed by atoms with Crippen molar-refractivity contribution in [1.82, 2.24) is 9.97 Å². The summed E-state index contributed by atoms with van der Waals surface area (Å²) < 4.78 is 0. The largest absolute Gasteiger partial charge is 0.373 e. The highest BCUT2D eigenvalue weighted by Gasteiger charge is 2.27. The summed E-state index contributed by atoms with van der Waals surface area (Å²) in [6.45, 7) is 0. The highest BCUT2D eigenvalue weighted by Crippen LogP contribution is 2.39. The molecule has 2 aliphatic carbocycles. The Labute approximate surface area is 113 Å². The minimum atomic E-state index is 0.629. The Hall–Kier alpha value is -0.770. The van der Waals surface area contributed by atoms with Gasteiger partial charge in [-0.15, -0.1) is 11.8 Å². The van der Waals surface area contributed by atoms with E-state index in [0.29, 0.717) is 5.92 Å². The van der Waals surface area contributed by atoms with E-state index >= 15 is 0 Å². The molecule has 4 heteroatoms. The second-order valence-electron chi connectivity index (χ2n) is 5.44. The monoisotopic (exact) mass is 263 g/mol. The maximum absolute atomic E-state index is 4.72. The van der Waals surface area contributed by atoms with Crippen molar-refractivity contribution in [2.75, 3.05) is 18.1 Å². The van der Waals surface area contributed by atoms with E-state index in [0.717, 1.165) is 22.6 Å². The van der Waals surface area contributed by atoms with E-state index in [1.54, 1.807) is 0 Å². The van der Waals surface area contributed by atoms with E-state index in [1.165, 1.54) is 44.3 Å². The SMILES string of the molecule is CNc1cc(SCC2CCCC2)nc(C2CC2)n1. The van der Waals surface area contributed by atoms with Gasteiger partial charge >= 0.3 is 0 Å². The Morgan fingerprint density at radius 2 is 2.00 bits per heavy atom. The van der Waals surface area contributed by atoms with Gasteiger partial charge in [0.1, 0.15) is 16.7 Å². The summed E-state index contributed by atoms with van der Waals surface area (Å²) in [5.74, 6) is 4.79. The molecule has 0 amide bonds. The molecular formula is C14H21N3S. The number of hydrogen-bond donors (Lipinski definition) is 1. The average Bonchev–Trinajstić information content (AvgIpc) is 3.13. The normalized spacial score (nSPS) is 20.3. The zero-order valence-electron chi connectivity index (χ0n) is 11.0. The van der Waals surface area contributed by atoms with Crippen molar-refractivity contribution >= 4 is 17.6 Å². The van der Waals surface area contributed by atoms with Crippen molar-refractivity contribution in [1.29, 1.82) is 0 Å². The first-order chi connectivity index (χ1) is 8.85. The molecule has 98 valence electrons. The van der Waals surface area contributed by atoms with Crippen LogP contribution in [0.1, 0.15) is 50.3 Å². The summed E-state index contributed by atoms with van der Waals surface area (Å²) in [6.07, 6.45) is 8.19. The van der Waals surface area contributed by atoms with Gasteiger partial charge in [-0.25, -0.2) is 9.97 Å². The third kappa shape index (κ3) is 2.97. The van der Waals surface area contributed by atoms with Gasteiger partial charge in [-0.1, -0.05) is 12.8 Å². The van der Waals surface area contributed by atoms with E-state index in [2.05, 4.69) is 16.4 Å². The highest BCUT2D eigenvalue weighted by atomic mass is 32.2. The van der Waals surface area contributed by atoms with Crippen LogP contribution >= 0.6 is 11.8 Å². The van der Waals surface area contributed by atoms with Gasteiger partial charge in [-0.3, -0.25) is 0 Å². The van der Waals surface area contributed by atoms with Crippen molar-refractivity contribution < 1.29 is 0 Å². The molecule has 2 fully saturated rings. The first-order valence-electron chi connectivity index (χ1n) is 7.04. The fraction of sp³-hybridized carbons (Fsp3) is 0.714. The molecule has 0 aliphatic heterocycles. The van der Waals surface area contributed by atoms with Gasteiger partial charge in [0.2, 0.25) is 0 Å². The number of thioether (sulfide) groups is 1. The molecule has 18 heavy (non-hydrogen) atoms. The minimum Gasteiger partial charge on any atom is -0.373 e. The number of hydrogen-bond acceptors (Lipinski definition) is 4. The Morgan fingerprint density at radius 1 is 1.22 bits per heavy atom. The Balaban J connectivity index is 1.67. The lowest BCUT2D eigenvalue weighted by Crippen LogP contribution is -2.02. The van der Waals surface area contributed by atoms with E-state index in [9.17, 15) is 0 Å². The van der Waals surface area contributed by atoms with E-state index in [1.807, 2.05) is 18.8 Å². The molecule has 0 aromatic carbocycles. The summed E-state index contributed by atoms with van der Waals surface area (Å²) >= 11 is 1.92. The quantitative estimate of drug-likeness (QED) is 0.649. The molecule has 3 nitrogen and oxygen atoms in total. The summed E-state index contributed by atoms with van der Waals surface area (Å²) in [5.41, 5.74) is 0. The zero-order chi connectivity index (χ0) is 12.4. The van der Waals surface area contributed by atoms with Gasteiger partial charge in [0, 0.05) is 24.8 Å². The fourth-order valence-corrected chi connectivity index (χ4v) is 3.64. The molecule has 2 aliphatic rings. The molecule has 3 rings (SSSR count). The fourth-order valence-electron chi connectivity index (χ4n) is 2.55. The van der Waals surface area contributed by atoms with Crippen LogP contribution in [0.25, 0.3) is 0 Å². The van der Waals surface area contributed by atoms with Crippen LogP contribution in [0.5, 0.6) is 0 Å². The molecule has 1 heterocycles. The van der Waals surface area contributed by atoms with Crippen LogP contribution in [0.3, 0.4) is 0 Å². The number of nitrogens with zero attached hydrogens (tertiary/aromatic N) is 2. The zero-order valence-corrected chi connectivity index (χ0v) is 11.8. The maximum atomic E-state index is 4.72. The minimum absolute atomic E-state index is 0.629. The van der Waals surface area contributed by atoms with Crippen LogP contribution in [-0.2, 0) is 0 Å². The number of rotatable bonds is 5. The summed E-state index contributed by atoms with van der Waals surface area (Å²) in [5, 5.41) is 4.31. The molecular weight excluding hydrogens is 242 g/mol. The highest BCUT2D eigenvalue weighted by molar-refractivity contribution is 7.99. The van der Waals surface area contributed by atoms with Crippen LogP contribution in [0.15, 0.2) is 11.1 Å². The van der Waals surface area contributed by atoms with Gasteiger partial charge in [-0.05, 0) is 31.6 Å². The van der Waals surface area contributed by atoms with Crippen LogP contribution in [0, 0.1) is 5.92 Å². The Bertz CT molecular complexity index is 412. The topological polar surface area (TPSA) is 37.8 Å². The van der Waals surface area contributed by atoms with Crippen molar-refractivity contribution in [3.8, 4) is 0 Å². The van der Waals surface area contributed by atoms with E-state index in [-0.39, 0.29) is 0 Å². The molecule has 0 spiro atoms. The van der Waals surface area contributed by atoms with Gasteiger partial charge in [0.15, 0.2) is 0 Å². The summed E-state index contributed by atoms with van der Waals surface area (Å²) in [6, 6.07) is 2.09. The molecule has 0 bridgehead atoms. The predicted octanol–water partition coefficient (Wildman–Crippen LogP) is 3.68. The molecule has 2 saturated carbocycles. The summed E-state index contributed by atoms with van der Waals surface area (Å²) in [7, 11) is 1.93. The van der Waals surface area contributed by atoms with Crippen LogP contribution in [0.2, 0.25) is 0 Å². The van der Waals surface area contributed by atoms with Gasteiger partial charge < -0.3 is 5.32 Å². The smallest absolute Gasteiger partial charge is 0.135 e. The van der Waals surface area contributed by atoms with Crippen LogP contribution in [0.4, 0.5) is 5.82 Å². The molecule has 0 unspecified atom stereocenters. The lowest BCUT2D eigenvalue weighted by Gasteiger charge is -2.10. The number of anilines is 1. The third-order valence-corrected chi connectivity index (χ3v) is 5.00. The Morgan fingerprint density at radius 3 is 2.67 bits per heavy atom. The van der Waals surface area contributed by atoms with Crippen molar-refractivity contribution in [2.45, 2.75) is 49.5 Å². The summed E-state index contributed by atoms with van der Waals surface area (Å²) in [4.78, 5) is 9.27. The second-order valence-corrected chi connectivity index (χ2v) is 6.48. The van der Waals surface area contributed by atoms with E-state index in [4.69, 9.17) is 4.98 Å². The lowest BCUT2D eigenvalue weighted by atomic mass is 10.1. The third-order valence-electron chi connectivity index (χ3n) is 3.86. The number of aromatic nitrogens is 2. The molecule has 1 aromatic rings. The standard InChI is InChI=1S/C14H21N3S/c1-15-12-8-13(17-14(16-12)11-6-7-11)18-9-10-4-2-3-5-10/h8,10-11H,2-7,9H2,1H3,(H,15,16,17). The van der Waals surface area contributed by atoms with E-state index < -0.39 is 0 Å². The van der Waals surface area contributed by atoms with Gasteiger partial charge in [0.05, 0.1) is 0 Å². The molecule has 1 aromatic heterocycles. The first kappa shape index (κ1) is 12.3. The van der Waals surface area contributed by atoms with Gasteiger partial charge in [-0.2, -0.15) is 0 Å². The maximum Gasteiger partial charge on any atom is 0.135 e. The van der Waals surface area contributed by atoms with Crippen LogP contribution < -0.4 is 5.32 Å².